The summed E-state index contributed by atoms with van der Waals surface area (Å²) >= 11 is 0. The first kappa shape index (κ1) is 12.8. The second-order valence-corrected chi connectivity index (χ2v) is 4.77. The van der Waals surface area contributed by atoms with Crippen LogP contribution in [-0.2, 0) is 4.74 Å². The van der Waals surface area contributed by atoms with Gasteiger partial charge < -0.3 is 15.8 Å². The predicted octanol–water partition coefficient (Wildman–Crippen LogP) is 0.619. The molecule has 0 bridgehead atoms. The van der Waals surface area contributed by atoms with E-state index in [0.29, 0.717) is 11.9 Å². The van der Waals surface area contributed by atoms with E-state index in [-0.39, 0.29) is 18.1 Å². The van der Waals surface area contributed by atoms with E-state index in [1.807, 2.05) is 6.92 Å². The Morgan fingerprint density at radius 3 is 3.05 bits per heavy atom. The van der Waals surface area contributed by atoms with Crippen molar-refractivity contribution in [3.63, 3.8) is 0 Å². The van der Waals surface area contributed by atoms with Crippen molar-refractivity contribution in [2.75, 3.05) is 17.7 Å². The molecule has 1 fully saturated rings. The van der Waals surface area contributed by atoms with Crippen molar-refractivity contribution >= 4 is 11.9 Å². The summed E-state index contributed by atoms with van der Waals surface area (Å²) in [5, 5.41) is 3.23. The second kappa shape index (κ2) is 5.41. The number of nitrogens with zero attached hydrogens (tertiary/aromatic N) is 5. The van der Waals surface area contributed by atoms with Gasteiger partial charge in [0.2, 0.25) is 17.8 Å². The summed E-state index contributed by atoms with van der Waals surface area (Å²) < 4.78 is 7.32. The lowest BCUT2D eigenvalue weighted by molar-refractivity contribution is 0.0994. The van der Waals surface area contributed by atoms with E-state index >= 15 is 0 Å². The summed E-state index contributed by atoms with van der Waals surface area (Å²) in [5.41, 5.74) is 5.73. The molecule has 8 nitrogen and oxygen atoms in total. The lowest BCUT2D eigenvalue weighted by Gasteiger charge is -2.20. The molecular formula is C12H17N7O. The zero-order chi connectivity index (χ0) is 13.9. The third-order valence-corrected chi connectivity index (χ3v) is 3.26. The van der Waals surface area contributed by atoms with Crippen LogP contribution in [0.5, 0.6) is 0 Å². The number of aromatic nitrogens is 5. The third kappa shape index (κ3) is 2.69. The molecule has 2 aromatic heterocycles. The van der Waals surface area contributed by atoms with E-state index in [2.05, 4.69) is 25.3 Å². The van der Waals surface area contributed by atoms with Crippen LogP contribution in [0.25, 0.3) is 5.95 Å². The maximum Gasteiger partial charge on any atom is 0.241 e. The highest BCUT2D eigenvalue weighted by molar-refractivity contribution is 5.36. The van der Waals surface area contributed by atoms with Gasteiger partial charge in [0.05, 0.1) is 12.1 Å². The largest absolute Gasteiger partial charge is 0.376 e. The molecule has 1 aliphatic rings. The van der Waals surface area contributed by atoms with Gasteiger partial charge in [-0.25, -0.2) is 4.98 Å². The first-order valence-corrected chi connectivity index (χ1v) is 6.60. The number of ether oxygens (including phenoxy) is 1. The van der Waals surface area contributed by atoms with Crippen molar-refractivity contribution in [3.8, 4) is 5.95 Å². The third-order valence-electron chi connectivity index (χ3n) is 3.26. The molecule has 0 radical (unpaired) electrons. The molecule has 0 spiro atoms. The molecule has 0 saturated carbocycles. The van der Waals surface area contributed by atoms with Gasteiger partial charge >= 0.3 is 0 Å². The summed E-state index contributed by atoms with van der Waals surface area (Å²) in [6.45, 7) is 2.86. The number of nitrogen functional groups attached to an aromatic ring is 1. The first-order chi connectivity index (χ1) is 9.72. The van der Waals surface area contributed by atoms with E-state index in [9.17, 15) is 0 Å². The fourth-order valence-electron chi connectivity index (χ4n) is 2.23. The molecule has 2 atom stereocenters. The van der Waals surface area contributed by atoms with E-state index < -0.39 is 0 Å². The van der Waals surface area contributed by atoms with Crippen LogP contribution in [0, 0.1) is 0 Å². The summed E-state index contributed by atoms with van der Waals surface area (Å²) in [7, 11) is 0. The molecule has 0 amide bonds. The molecule has 106 valence electrons. The predicted molar refractivity (Wildman–Crippen MR) is 73.4 cm³/mol. The minimum absolute atomic E-state index is 0.120. The Hall–Kier alpha value is -2.22. The number of nitrogens with two attached hydrogens (primary N) is 1. The minimum Gasteiger partial charge on any atom is -0.376 e. The molecule has 1 aliphatic heterocycles. The van der Waals surface area contributed by atoms with Gasteiger partial charge in [-0.05, 0) is 19.8 Å². The van der Waals surface area contributed by atoms with E-state index in [1.165, 1.54) is 0 Å². The molecule has 8 heteroatoms. The first-order valence-electron chi connectivity index (χ1n) is 6.60. The minimum atomic E-state index is 0.120. The standard InChI is InChI=1S/C12H17N7O/c1-8(9-3-2-6-20-9)15-11-16-10(13)17-12(18-11)19-5-4-14-7-19/h4-5,7-9H,2-3,6H2,1H3,(H3,13,15,16,17,18). The zero-order valence-electron chi connectivity index (χ0n) is 11.2. The van der Waals surface area contributed by atoms with Crippen LogP contribution in [0.4, 0.5) is 11.9 Å². The highest BCUT2D eigenvalue weighted by Gasteiger charge is 2.23. The van der Waals surface area contributed by atoms with Gasteiger partial charge in [0.25, 0.3) is 0 Å². The van der Waals surface area contributed by atoms with Gasteiger partial charge in [0.1, 0.15) is 6.33 Å². The summed E-state index contributed by atoms with van der Waals surface area (Å²) in [6.07, 6.45) is 7.34. The van der Waals surface area contributed by atoms with Crippen LogP contribution in [0.1, 0.15) is 19.8 Å². The van der Waals surface area contributed by atoms with Crippen molar-refractivity contribution in [2.45, 2.75) is 31.9 Å². The number of anilines is 2. The Morgan fingerprint density at radius 1 is 1.45 bits per heavy atom. The van der Waals surface area contributed by atoms with Gasteiger partial charge in [0.15, 0.2) is 0 Å². The highest BCUT2D eigenvalue weighted by Crippen LogP contribution is 2.18. The maximum absolute atomic E-state index is 5.73. The van der Waals surface area contributed by atoms with Gasteiger partial charge in [-0.2, -0.15) is 15.0 Å². The summed E-state index contributed by atoms with van der Waals surface area (Å²) in [6, 6.07) is 0.120. The Balaban J connectivity index is 1.79. The number of nitrogens with one attached hydrogen (secondary N) is 1. The van der Waals surface area contributed by atoms with Crippen molar-refractivity contribution < 1.29 is 4.74 Å². The van der Waals surface area contributed by atoms with Crippen LogP contribution in [0.3, 0.4) is 0 Å². The lowest BCUT2D eigenvalue weighted by atomic mass is 10.1. The quantitative estimate of drug-likeness (QED) is 0.842. The van der Waals surface area contributed by atoms with Crippen LogP contribution in [0.15, 0.2) is 18.7 Å². The number of rotatable bonds is 4. The molecule has 1 saturated heterocycles. The molecule has 3 heterocycles. The number of imidazole rings is 1. The Bertz CT molecular complexity index is 565. The molecule has 3 N–H and O–H groups in total. The maximum atomic E-state index is 5.73. The van der Waals surface area contributed by atoms with Crippen LogP contribution >= 0.6 is 0 Å². The summed E-state index contributed by atoms with van der Waals surface area (Å²) in [5.74, 6) is 1.06. The molecule has 20 heavy (non-hydrogen) atoms. The monoisotopic (exact) mass is 275 g/mol. The van der Waals surface area contributed by atoms with Crippen LogP contribution < -0.4 is 11.1 Å². The fourth-order valence-corrected chi connectivity index (χ4v) is 2.23. The Labute approximate surface area is 116 Å². The zero-order valence-corrected chi connectivity index (χ0v) is 11.2. The van der Waals surface area contributed by atoms with Crippen molar-refractivity contribution in [3.05, 3.63) is 18.7 Å². The number of hydrogen-bond donors (Lipinski definition) is 2. The van der Waals surface area contributed by atoms with E-state index in [4.69, 9.17) is 10.5 Å². The molecule has 2 unspecified atom stereocenters. The molecule has 2 aromatic rings. The molecule has 0 aliphatic carbocycles. The van der Waals surface area contributed by atoms with E-state index in [0.717, 1.165) is 19.4 Å². The average molecular weight is 275 g/mol. The van der Waals surface area contributed by atoms with Gasteiger partial charge in [-0.1, -0.05) is 0 Å². The van der Waals surface area contributed by atoms with Crippen molar-refractivity contribution in [1.82, 2.24) is 24.5 Å². The average Bonchev–Trinajstić information content (AvgIpc) is 3.12. The van der Waals surface area contributed by atoms with E-state index in [1.54, 1.807) is 23.3 Å². The SMILES string of the molecule is CC(Nc1nc(N)nc(-n2ccnc2)n1)C1CCCO1. The fraction of sp³-hybridized carbons (Fsp3) is 0.500. The normalized spacial score (nSPS) is 19.9. The molecule has 3 rings (SSSR count). The van der Waals surface area contributed by atoms with Crippen LogP contribution in [-0.4, -0.2) is 43.3 Å². The Kier molecular flexibility index (Phi) is 3.46. The smallest absolute Gasteiger partial charge is 0.241 e. The molecular weight excluding hydrogens is 258 g/mol. The lowest BCUT2D eigenvalue weighted by Crippen LogP contribution is -2.31. The topological polar surface area (TPSA) is 104 Å². The van der Waals surface area contributed by atoms with Gasteiger partial charge in [-0.15, -0.1) is 0 Å². The number of hydrogen-bond acceptors (Lipinski definition) is 7. The summed E-state index contributed by atoms with van der Waals surface area (Å²) in [4.78, 5) is 16.5. The van der Waals surface area contributed by atoms with Gasteiger partial charge in [-0.3, -0.25) is 4.57 Å². The van der Waals surface area contributed by atoms with Crippen molar-refractivity contribution in [1.29, 1.82) is 0 Å². The molecule has 0 aromatic carbocycles. The van der Waals surface area contributed by atoms with Crippen LogP contribution in [0.2, 0.25) is 0 Å². The van der Waals surface area contributed by atoms with Crippen molar-refractivity contribution in [2.24, 2.45) is 0 Å². The Morgan fingerprint density at radius 2 is 2.35 bits per heavy atom. The van der Waals surface area contributed by atoms with Gasteiger partial charge in [0, 0.05) is 19.0 Å². The highest BCUT2D eigenvalue weighted by atomic mass is 16.5. The second-order valence-electron chi connectivity index (χ2n) is 4.77.